The summed E-state index contributed by atoms with van der Waals surface area (Å²) >= 11 is 0. The molecule has 0 atom stereocenters. The summed E-state index contributed by atoms with van der Waals surface area (Å²) in [5.41, 5.74) is -1.85. The van der Waals surface area contributed by atoms with Gasteiger partial charge >= 0.3 is 7.12 Å². The smallest absolute Gasteiger partial charge is 0.486 e. The second-order valence-electron chi connectivity index (χ2n) is 5.53. The van der Waals surface area contributed by atoms with Crippen molar-refractivity contribution in [3.63, 3.8) is 0 Å². The molecule has 6 heteroatoms. The zero-order valence-electron chi connectivity index (χ0n) is 19.7. The first-order valence-corrected chi connectivity index (χ1v) is 6.18. The van der Waals surface area contributed by atoms with Crippen LogP contribution in [0.15, 0.2) is 18.4 Å². The maximum absolute atomic E-state index is 8.16. The highest BCUT2D eigenvalue weighted by atomic mass is 16.7. The van der Waals surface area contributed by atoms with Crippen molar-refractivity contribution in [1.29, 1.82) is 0 Å². The number of aromatic nitrogens is 1. The number of ether oxygens (including phenoxy) is 2. The number of pyridine rings is 1. The second kappa shape index (κ2) is 4.72. The van der Waals surface area contributed by atoms with Crippen LogP contribution in [0.5, 0.6) is 5.75 Å². The van der Waals surface area contributed by atoms with E-state index >= 15 is 0 Å². The van der Waals surface area contributed by atoms with Crippen LogP contribution in [0, 0.1) is 0 Å². The number of rotatable bonds is 3. The molecule has 0 aromatic carbocycles. The third-order valence-electron chi connectivity index (χ3n) is 3.63. The highest BCUT2D eigenvalue weighted by Crippen LogP contribution is 2.37. The summed E-state index contributed by atoms with van der Waals surface area (Å²) in [5.74, 6) is -0.574. The van der Waals surface area contributed by atoms with Crippen LogP contribution in [-0.2, 0) is 14.0 Å². The standard InChI is InChI=1S/C14H20BNO4/c1-13(2)14(3,4)20-15(19-13)11-7-16-6-5-12(11)18-10-8-17-9-10/h5-7,10H,8-9H2,1-4H3/i5D,6D,7D,8D2,9D2,10D. The second-order valence-corrected chi connectivity index (χ2v) is 5.53. The summed E-state index contributed by atoms with van der Waals surface area (Å²) in [6, 6.07) is -0.647. The zero-order chi connectivity index (χ0) is 21.5. The van der Waals surface area contributed by atoms with E-state index in [2.05, 4.69) is 9.72 Å². The first-order chi connectivity index (χ1) is 12.5. The molecule has 3 heterocycles. The Kier molecular flexibility index (Phi) is 1.71. The first-order valence-electron chi connectivity index (χ1n) is 10.2. The molecule has 0 spiro atoms. The predicted molar refractivity (Wildman–Crippen MR) is 75.2 cm³/mol. The van der Waals surface area contributed by atoms with Crippen LogP contribution in [0.4, 0.5) is 0 Å². The van der Waals surface area contributed by atoms with Gasteiger partial charge in [0.25, 0.3) is 0 Å². The molecule has 2 aliphatic heterocycles. The van der Waals surface area contributed by atoms with Crippen molar-refractivity contribution in [2.75, 3.05) is 13.1 Å². The molecule has 5 nitrogen and oxygen atoms in total. The van der Waals surface area contributed by atoms with E-state index in [1.54, 1.807) is 27.7 Å². The van der Waals surface area contributed by atoms with E-state index in [4.69, 9.17) is 25.0 Å². The van der Waals surface area contributed by atoms with E-state index in [0.717, 1.165) is 0 Å². The quantitative estimate of drug-likeness (QED) is 0.780. The average Bonchev–Trinajstić information content (AvgIpc) is 2.70. The maximum Gasteiger partial charge on any atom is 0.500 e. The van der Waals surface area contributed by atoms with Gasteiger partial charge in [0.2, 0.25) is 0 Å². The molecular formula is C14H20BNO4. The Morgan fingerprint density at radius 1 is 1.40 bits per heavy atom. The van der Waals surface area contributed by atoms with Crippen molar-refractivity contribution in [2.45, 2.75) is 45.0 Å². The van der Waals surface area contributed by atoms with Crippen LogP contribution in [0.2, 0.25) is 0 Å². The van der Waals surface area contributed by atoms with E-state index < -0.39 is 61.7 Å². The summed E-state index contributed by atoms with van der Waals surface area (Å²) in [6.45, 7) is 1.37. The van der Waals surface area contributed by atoms with Gasteiger partial charge in [0.15, 0.2) is 0 Å². The van der Waals surface area contributed by atoms with E-state index in [9.17, 15) is 0 Å². The van der Waals surface area contributed by atoms with Gasteiger partial charge in [-0.25, -0.2) is 0 Å². The molecule has 0 amide bonds. The normalized spacial score (nSPS) is 36.9. The first kappa shape index (κ1) is 7.25. The van der Waals surface area contributed by atoms with Crippen LogP contribution in [0.1, 0.15) is 38.7 Å². The fourth-order valence-electron chi connectivity index (χ4n) is 1.72. The van der Waals surface area contributed by atoms with Crippen LogP contribution in [0.3, 0.4) is 0 Å². The van der Waals surface area contributed by atoms with E-state index in [1.807, 2.05) is 0 Å². The summed E-state index contributed by atoms with van der Waals surface area (Å²) in [6.07, 6.45) is -4.04. The Hall–Kier alpha value is -1.11. The predicted octanol–water partition coefficient (Wildman–Crippen LogP) is 1.16. The van der Waals surface area contributed by atoms with Gasteiger partial charge in [0.05, 0.1) is 35.3 Å². The fourth-order valence-corrected chi connectivity index (χ4v) is 1.72. The monoisotopic (exact) mass is 285 g/mol. The van der Waals surface area contributed by atoms with Crippen molar-refractivity contribution in [1.82, 2.24) is 4.98 Å². The summed E-state index contributed by atoms with van der Waals surface area (Å²) in [4.78, 5) is 3.65. The minimum absolute atomic E-state index is 0.218. The van der Waals surface area contributed by atoms with Gasteiger partial charge in [0, 0.05) is 17.8 Å². The lowest BCUT2D eigenvalue weighted by Crippen LogP contribution is -2.42. The van der Waals surface area contributed by atoms with Gasteiger partial charge < -0.3 is 18.8 Å². The number of hydrogen-bond acceptors (Lipinski definition) is 5. The van der Waals surface area contributed by atoms with Gasteiger partial charge in [-0.3, -0.25) is 4.98 Å². The van der Waals surface area contributed by atoms with Crippen LogP contribution >= 0.6 is 0 Å². The Morgan fingerprint density at radius 3 is 2.65 bits per heavy atom. The van der Waals surface area contributed by atoms with Crippen molar-refractivity contribution >= 4 is 12.6 Å². The lowest BCUT2D eigenvalue weighted by molar-refractivity contribution is -0.0793. The van der Waals surface area contributed by atoms with Crippen molar-refractivity contribution in [2.24, 2.45) is 0 Å². The molecule has 0 bridgehead atoms. The molecule has 0 radical (unpaired) electrons. The Bertz CT molecular complexity index is 804. The summed E-state index contributed by atoms with van der Waals surface area (Å²) < 4.78 is 84.3. The Labute approximate surface area is 131 Å². The lowest BCUT2D eigenvalue weighted by Gasteiger charge is -2.32. The third kappa shape index (κ3) is 2.32. The van der Waals surface area contributed by atoms with Crippen LogP contribution in [0.25, 0.3) is 0 Å². The molecule has 108 valence electrons. The molecule has 2 aliphatic rings. The van der Waals surface area contributed by atoms with Crippen LogP contribution in [-0.4, -0.2) is 42.5 Å². The molecule has 2 fully saturated rings. The molecule has 1 aromatic rings. The SMILES string of the molecule is [2H]c1nc([2H])c(B2OC(C)(C)C(C)(C)O2)c(OC2([2H])C([2H])([2H])OC2([2H])[2H])c1[2H]. The van der Waals surface area contributed by atoms with Crippen molar-refractivity contribution in [3.8, 4) is 5.75 Å². The lowest BCUT2D eigenvalue weighted by atomic mass is 9.79. The molecule has 1 aromatic heterocycles. The van der Waals surface area contributed by atoms with Gasteiger partial charge in [-0.1, -0.05) is 0 Å². The van der Waals surface area contributed by atoms with E-state index in [0.29, 0.717) is 0 Å². The molecule has 2 saturated heterocycles. The average molecular weight is 285 g/mol. The molecule has 3 rings (SSSR count). The highest BCUT2D eigenvalue weighted by Gasteiger charge is 2.52. The molecule has 0 aliphatic carbocycles. The molecule has 0 unspecified atom stereocenters. The number of hydrogen-bond donors (Lipinski definition) is 0. The Morgan fingerprint density at radius 2 is 2.05 bits per heavy atom. The van der Waals surface area contributed by atoms with Crippen molar-refractivity contribution < 1.29 is 29.7 Å². The Balaban J connectivity index is 2.13. The molecule has 0 N–H and O–H groups in total. The molecular weight excluding hydrogens is 257 g/mol. The highest BCUT2D eigenvalue weighted by molar-refractivity contribution is 6.63. The van der Waals surface area contributed by atoms with Gasteiger partial charge in [-0.2, -0.15) is 0 Å². The fraction of sp³-hybridized carbons (Fsp3) is 0.643. The van der Waals surface area contributed by atoms with E-state index in [1.165, 1.54) is 0 Å². The molecule has 0 saturated carbocycles. The van der Waals surface area contributed by atoms with E-state index in [-0.39, 0.29) is 5.46 Å². The minimum atomic E-state index is -2.88. The van der Waals surface area contributed by atoms with Gasteiger partial charge in [-0.05, 0) is 33.7 Å². The van der Waals surface area contributed by atoms with Crippen molar-refractivity contribution in [3.05, 3.63) is 18.4 Å². The zero-order valence-corrected chi connectivity index (χ0v) is 11.7. The van der Waals surface area contributed by atoms with Gasteiger partial charge in [0.1, 0.15) is 11.8 Å². The summed E-state index contributed by atoms with van der Waals surface area (Å²) in [7, 11) is -1.24. The largest absolute Gasteiger partial charge is 0.500 e. The maximum atomic E-state index is 8.16. The summed E-state index contributed by atoms with van der Waals surface area (Å²) in [5, 5.41) is 0. The topological polar surface area (TPSA) is 49.8 Å². The minimum Gasteiger partial charge on any atom is -0.486 e. The van der Waals surface area contributed by atoms with Crippen LogP contribution < -0.4 is 10.2 Å². The third-order valence-corrected chi connectivity index (χ3v) is 3.63. The molecule has 20 heavy (non-hydrogen) atoms. The number of nitrogens with zero attached hydrogens (tertiary/aromatic N) is 1. The van der Waals surface area contributed by atoms with Gasteiger partial charge in [-0.15, -0.1) is 0 Å².